The number of nitrogens with two attached hydrogens (primary N) is 1. The summed E-state index contributed by atoms with van der Waals surface area (Å²) in [4.78, 5) is 0. The molecule has 0 unspecified atom stereocenters. The number of benzene rings is 1. The highest BCUT2D eigenvalue weighted by Crippen LogP contribution is 2.36. The molecule has 3 N–H and O–H groups in total. The van der Waals surface area contributed by atoms with Gasteiger partial charge in [-0.2, -0.15) is 0 Å². The Morgan fingerprint density at radius 3 is 2.81 bits per heavy atom. The van der Waals surface area contributed by atoms with Crippen LogP contribution in [0.4, 0.5) is 0 Å². The molecule has 0 bridgehead atoms. The van der Waals surface area contributed by atoms with E-state index in [1.807, 2.05) is 12.1 Å². The average molecular weight is 287 g/mol. The van der Waals surface area contributed by atoms with E-state index in [0.717, 1.165) is 42.0 Å². The molecule has 88 valence electrons. The summed E-state index contributed by atoms with van der Waals surface area (Å²) in [5, 5.41) is 3.33. The number of fused-ring (bicyclic) bond motifs is 1. The Balaban J connectivity index is 1.98. The highest BCUT2D eigenvalue weighted by Gasteiger charge is 2.15. The lowest BCUT2D eigenvalue weighted by Crippen LogP contribution is -2.17. The van der Waals surface area contributed by atoms with Crippen LogP contribution in [0.25, 0.3) is 0 Å². The predicted molar refractivity (Wildman–Crippen MR) is 65.6 cm³/mol. The molecule has 1 aliphatic rings. The second-order valence-corrected chi connectivity index (χ2v) is 4.47. The van der Waals surface area contributed by atoms with Crippen LogP contribution in [0.3, 0.4) is 0 Å². The van der Waals surface area contributed by atoms with E-state index in [9.17, 15) is 0 Å². The Kier molecular flexibility index (Phi) is 4.04. The summed E-state index contributed by atoms with van der Waals surface area (Å²) in [7, 11) is 0. The molecule has 1 heterocycles. The molecule has 0 atom stereocenters. The minimum atomic E-state index is 0.311. The quantitative estimate of drug-likeness (QED) is 0.808. The van der Waals surface area contributed by atoms with Crippen LogP contribution >= 0.6 is 15.9 Å². The maximum atomic E-state index is 5.43. The summed E-state index contributed by atoms with van der Waals surface area (Å²) < 4.78 is 11.7. The van der Waals surface area contributed by atoms with Gasteiger partial charge in [-0.05, 0) is 37.2 Å². The maximum absolute atomic E-state index is 5.43. The Morgan fingerprint density at radius 2 is 2.06 bits per heavy atom. The number of halogens is 1. The lowest BCUT2D eigenvalue weighted by molar-refractivity contribution is 0.174. The molecule has 0 amide bonds. The molecule has 5 heteroatoms. The van der Waals surface area contributed by atoms with E-state index in [0.29, 0.717) is 6.79 Å². The number of ether oxygens (including phenoxy) is 2. The smallest absolute Gasteiger partial charge is 0.231 e. The molecule has 4 nitrogen and oxygen atoms in total. The van der Waals surface area contributed by atoms with Gasteiger partial charge in [0, 0.05) is 11.0 Å². The first kappa shape index (κ1) is 11.7. The Labute approximate surface area is 103 Å². The largest absolute Gasteiger partial charge is 0.454 e. The molecular formula is C11H15BrN2O2. The van der Waals surface area contributed by atoms with Crippen LogP contribution in [-0.4, -0.2) is 19.9 Å². The average Bonchev–Trinajstić information content (AvgIpc) is 2.71. The van der Waals surface area contributed by atoms with Crippen LogP contribution in [-0.2, 0) is 6.54 Å². The first-order valence-electron chi connectivity index (χ1n) is 5.30. The summed E-state index contributed by atoms with van der Waals surface area (Å²) in [6.45, 7) is 2.76. The van der Waals surface area contributed by atoms with Gasteiger partial charge in [0.1, 0.15) is 0 Å². The monoisotopic (exact) mass is 286 g/mol. The summed E-state index contributed by atoms with van der Waals surface area (Å²) in [6, 6.07) is 3.95. The summed E-state index contributed by atoms with van der Waals surface area (Å²) in [5.74, 6) is 1.62. The molecule has 0 saturated carbocycles. The first-order chi connectivity index (χ1) is 7.81. The van der Waals surface area contributed by atoms with E-state index in [-0.39, 0.29) is 0 Å². The number of hydrogen-bond acceptors (Lipinski definition) is 4. The van der Waals surface area contributed by atoms with Crippen molar-refractivity contribution in [3.05, 3.63) is 22.2 Å². The van der Waals surface area contributed by atoms with Gasteiger partial charge in [0.2, 0.25) is 6.79 Å². The molecular weight excluding hydrogens is 272 g/mol. The van der Waals surface area contributed by atoms with Gasteiger partial charge < -0.3 is 20.5 Å². The molecule has 0 fully saturated rings. The van der Waals surface area contributed by atoms with Crippen molar-refractivity contribution in [2.45, 2.75) is 13.0 Å². The summed E-state index contributed by atoms with van der Waals surface area (Å²) >= 11 is 3.52. The van der Waals surface area contributed by atoms with Crippen molar-refractivity contribution in [2.75, 3.05) is 19.9 Å². The van der Waals surface area contributed by atoms with Crippen molar-refractivity contribution in [1.82, 2.24) is 5.32 Å². The molecule has 0 spiro atoms. The van der Waals surface area contributed by atoms with Crippen LogP contribution in [0.15, 0.2) is 16.6 Å². The van der Waals surface area contributed by atoms with Gasteiger partial charge in [0.25, 0.3) is 0 Å². The third kappa shape index (κ3) is 2.66. The minimum Gasteiger partial charge on any atom is -0.454 e. The SMILES string of the molecule is NCCCNCc1cc2c(cc1Br)OCO2. The van der Waals surface area contributed by atoms with E-state index in [1.165, 1.54) is 5.56 Å². The van der Waals surface area contributed by atoms with Gasteiger partial charge in [0.05, 0.1) is 0 Å². The fourth-order valence-corrected chi connectivity index (χ4v) is 2.01. The van der Waals surface area contributed by atoms with Crippen LogP contribution in [0.2, 0.25) is 0 Å². The van der Waals surface area contributed by atoms with Crippen LogP contribution in [0.1, 0.15) is 12.0 Å². The third-order valence-corrected chi connectivity index (χ3v) is 3.15. The standard InChI is InChI=1S/C11H15BrN2O2/c12-9-5-11-10(15-7-16-11)4-8(9)6-14-3-1-2-13/h4-5,14H,1-3,6-7,13H2. The fourth-order valence-electron chi connectivity index (χ4n) is 1.54. The molecule has 2 rings (SSSR count). The van der Waals surface area contributed by atoms with E-state index >= 15 is 0 Å². The van der Waals surface area contributed by atoms with Crippen molar-refractivity contribution >= 4 is 15.9 Å². The molecule has 1 aromatic rings. The second-order valence-electron chi connectivity index (χ2n) is 3.62. The predicted octanol–water partition coefficient (Wildman–Crippen LogP) is 1.62. The summed E-state index contributed by atoms with van der Waals surface area (Å²) in [6.07, 6.45) is 0.988. The van der Waals surface area contributed by atoms with Gasteiger partial charge in [-0.15, -0.1) is 0 Å². The van der Waals surface area contributed by atoms with Gasteiger partial charge >= 0.3 is 0 Å². The Morgan fingerprint density at radius 1 is 1.31 bits per heavy atom. The topological polar surface area (TPSA) is 56.5 Å². The van der Waals surface area contributed by atoms with Gasteiger partial charge in [-0.3, -0.25) is 0 Å². The lowest BCUT2D eigenvalue weighted by Gasteiger charge is -2.07. The van der Waals surface area contributed by atoms with Crippen molar-refractivity contribution in [3.8, 4) is 11.5 Å². The maximum Gasteiger partial charge on any atom is 0.231 e. The molecule has 0 aromatic heterocycles. The molecule has 16 heavy (non-hydrogen) atoms. The van der Waals surface area contributed by atoms with Crippen LogP contribution in [0.5, 0.6) is 11.5 Å². The van der Waals surface area contributed by atoms with Crippen LogP contribution in [0, 0.1) is 0 Å². The van der Waals surface area contributed by atoms with Gasteiger partial charge in [-0.25, -0.2) is 0 Å². The third-order valence-electron chi connectivity index (χ3n) is 2.41. The molecule has 0 radical (unpaired) electrons. The zero-order valence-corrected chi connectivity index (χ0v) is 10.5. The first-order valence-corrected chi connectivity index (χ1v) is 6.09. The fraction of sp³-hybridized carbons (Fsp3) is 0.455. The molecule has 0 aliphatic carbocycles. The van der Waals surface area contributed by atoms with E-state index in [4.69, 9.17) is 15.2 Å². The number of hydrogen-bond donors (Lipinski definition) is 2. The van der Waals surface area contributed by atoms with E-state index < -0.39 is 0 Å². The summed E-state index contributed by atoms with van der Waals surface area (Å²) in [5.41, 5.74) is 6.59. The zero-order chi connectivity index (χ0) is 11.4. The van der Waals surface area contributed by atoms with Crippen molar-refractivity contribution in [1.29, 1.82) is 0 Å². The molecule has 1 aromatic carbocycles. The normalized spacial score (nSPS) is 13.1. The van der Waals surface area contributed by atoms with Crippen molar-refractivity contribution < 1.29 is 9.47 Å². The number of nitrogens with one attached hydrogen (secondary N) is 1. The highest BCUT2D eigenvalue weighted by molar-refractivity contribution is 9.10. The van der Waals surface area contributed by atoms with Crippen molar-refractivity contribution in [3.63, 3.8) is 0 Å². The lowest BCUT2D eigenvalue weighted by atomic mass is 10.2. The Hall–Kier alpha value is -0.780. The highest BCUT2D eigenvalue weighted by atomic mass is 79.9. The zero-order valence-electron chi connectivity index (χ0n) is 8.96. The number of rotatable bonds is 5. The van der Waals surface area contributed by atoms with E-state index in [1.54, 1.807) is 0 Å². The van der Waals surface area contributed by atoms with Gasteiger partial charge in [-0.1, -0.05) is 15.9 Å². The van der Waals surface area contributed by atoms with Crippen LogP contribution < -0.4 is 20.5 Å². The minimum absolute atomic E-state index is 0.311. The van der Waals surface area contributed by atoms with Crippen molar-refractivity contribution in [2.24, 2.45) is 5.73 Å². The second kappa shape index (κ2) is 5.52. The molecule has 0 saturated heterocycles. The Bertz CT molecular complexity index is 371. The van der Waals surface area contributed by atoms with Gasteiger partial charge in [0.15, 0.2) is 11.5 Å². The molecule has 1 aliphatic heterocycles. The van der Waals surface area contributed by atoms with E-state index in [2.05, 4.69) is 21.2 Å².